The Hall–Kier alpha value is -1.51. The number of benzene rings is 1. The molecule has 2 rings (SSSR count). The second-order valence-electron chi connectivity index (χ2n) is 3.53. The minimum Gasteiger partial charge on any atom is -0.386 e. The number of hydrogen-bond donors (Lipinski definition) is 1. The van der Waals surface area contributed by atoms with Gasteiger partial charge in [-0.25, -0.2) is 0 Å². The van der Waals surface area contributed by atoms with Gasteiger partial charge in [0, 0.05) is 19.5 Å². The SMILES string of the molecule is NC1=NN(CCc2ccccc2)CC1. The zero-order valence-electron chi connectivity index (χ0n) is 8.19. The summed E-state index contributed by atoms with van der Waals surface area (Å²) in [4.78, 5) is 0. The van der Waals surface area contributed by atoms with Crippen LogP contribution in [0.5, 0.6) is 0 Å². The summed E-state index contributed by atoms with van der Waals surface area (Å²) in [6.45, 7) is 1.93. The quantitative estimate of drug-likeness (QED) is 0.776. The molecule has 0 amide bonds. The Labute approximate surface area is 84.2 Å². The van der Waals surface area contributed by atoms with Crippen molar-refractivity contribution in [2.45, 2.75) is 12.8 Å². The van der Waals surface area contributed by atoms with Crippen LogP contribution < -0.4 is 5.73 Å². The smallest absolute Gasteiger partial charge is 0.121 e. The lowest BCUT2D eigenvalue weighted by Crippen LogP contribution is -2.17. The van der Waals surface area contributed by atoms with Gasteiger partial charge in [-0.05, 0) is 12.0 Å². The van der Waals surface area contributed by atoms with Crippen LogP contribution in [0.4, 0.5) is 0 Å². The van der Waals surface area contributed by atoms with Gasteiger partial charge in [0.1, 0.15) is 5.84 Å². The molecule has 1 aromatic carbocycles. The summed E-state index contributed by atoms with van der Waals surface area (Å²) in [6, 6.07) is 10.5. The lowest BCUT2D eigenvalue weighted by Gasteiger charge is -2.12. The molecular formula is C11H15N3. The molecule has 3 nitrogen and oxygen atoms in total. The van der Waals surface area contributed by atoms with Gasteiger partial charge in [0.2, 0.25) is 0 Å². The van der Waals surface area contributed by atoms with Crippen molar-refractivity contribution in [3.8, 4) is 0 Å². The average Bonchev–Trinajstić information content (AvgIpc) is 2.63. The van der Waals surface area contributed by atoms with Crippen LogP contribution in [0.3, 0.4) is 0 Å². The summed E-state index contributed by atoms with van der Waals surface area (Å²) in [6.07, 6.45) is 1.95. The predicted molar refractivity (Wildman–Crippen MR) is 58.0 cm³/mol. The first kappa shape index (κ1) is 9.06. The number of nitrogens with two attached hydrogens (primary N) is 1. The van der Waals surface area contributed by atoms with E-state index in [4.69, 9.17) is 5.73 Å². The average molecular weight is 189 g/mol. The molecule has 0 radical (unpaired) electrons. The molecule has 0 saturated heterocycles. The molecule has 74 valence electrons. The van der Waals surface area contributed by atoms with Gasteiger partial charge < -0.3 is 5.73 Å². The largest absolute Gasteiger partial charge is 0.386 e. The fraction of sp³-hybridized carbons (Fsp3) is 0.364. The highest BCUT2D eigenvalue weighted by atomic mass is 15.5. The highest BCUT2D eigenvalue weighted by Gasteiger charge is 2.10. The molecule has 1 aliphatic heterocycles. The van der Waals surface area contributed by atoms with Crippen LogP contribution in [0.2, 0.25) is 0 Å². The lowest BCUT2D eigenvalue weighted by molar-refractivity contribution is 0.322. The summed E-state index contributed by atoms with van der Waals surface area (Å²) in [5.74, 6) is 0.762. The highest BCUT2D eigenvalue weighted by molar-refractivity contribution is 5.81. The second-order valence-corrected chi connectivity index (χ2v) is 3.53. The van der Waals surface area contributed by atoms with E-state index in [1.165, 1.54) is 5.56 Å². The summed E-state index contributed by atoms with van der Waals surface area (Å²) in [7, 11) is 0. The van der Waals surface area contributed by atoms with Crippen LogP contribution in [0.15, 0.2) is 35.4 Å². The molecule has 0 aromatic heterocycles. The van der Waals surface area contributed by atoms with E-state index in [2.05, 4.69) is 29.4 Å². The number of hydrogen-bond acceptors (Lipinski definition) is 3. The molecule has 3 heteroatoms. The topological polar surface area (TPSA) is 41.6 Å². The van der Waals surface area contributed by atoms with Gasteiger partial charge >= 0.3 is 0 Å². The van der Waals surface area contributed by atoms with Crippen molar-refractivity contribution in [3.05, 3.63) is 35.9 Å². The first-order chi connectivity index (χ1) is 6.84. The standard InChI is InChI=1S/C11H15N3/c12-11-7-9-14(13-11)8-6-10-4-2-1-3-5-10/h1-5H,6-9H2,(H2,12,13). The van der Waals surface area contributed by atoms with E-state index in [-0.39, 0.29) is 0 Å². The zero-order valence-corrected chi connectivity index (χ0v) is 8.19. The van der Waals surface area contributed by atoms with Gasteiger partial charge in [-0.15, -0.1) is 0 Å². The van der Waals surface area contributed by atoms with Crippen molar-refractivity contribution in [3.63, 3.8) is 0 Å². The number of amidine groups is 1. The number of rotatable bonds is 3. The summed E-state index contributed by atoms with van der Waals surface area (Å²) in [5.41, 5.74) is 6.96. The maximum absolute atomic E-state index is 5.60. The zero-order chi connectivity index (χ0) is 9.80. The van der Waals surface area contributed by atoms with E-state index in [9.17, 15) is 0 Å². The first-order valence-corrected chi connectivity index (χ1v) is 4.96. The fourth-order valence-electron chi connectivity index (χ4n) is 1.59. The Balaban J connectivity index is 1.84. The molecule has 0 unspecified atom stereocenters. The van der Waals surface area contributed by atoms with Crippen LogP contribution in [-0.4, -0.2) is 23.9 Å². The third-order valence-corrected chi connectivity index (χ3v) is 2.40. The molecule has 1 heterocycles. The van der Waals surface area contributed by atoms with E-state index < -0.39 is 0 Å². The van der Waals surface area contributed by atoms with Crippen molar-refractivity contribution in [2.75, 3.05) is 13.1 Å². The van der Waals surface area contributed by atoms with Gasteiger partial charge in [-0.3, -0.25) is 5.01 Å². The lowest BCUT2D eigenvalue weighted by atomic mass is 10.1. The van der Waals surface area contributed by atoms with Crippen molar-refractivity contribution in [1.29, 1.82) is 0 Å². The number of hydrazone groups is 1. The monoisotopic (exact) mass is 189 g/mol. The van der Waals surface area contributed by atoms with E-state index in [0.717, 1.165) is 31.8 Å². The van der Waals surface area contributed by atoms with E-state index in [1.807, 2.05) is 11.1 Å². The van der Waals surface area contributed by atoms with Gasteiger partial charge in [-0.1, -0.05) is 30.3 Å². The fourth-order valence-corrected chi connectivity index (χ4v) is 1.59. The minimum atomic E-state index is 0.762. The molecule has 1 aliphatic rings. The third-order valence-electron chi connectivity index (χ3n) is 2.40. The molecule has 0 bridgehead atoms. The summed E-state index contributed by atoms with van der Waals surface area (Å²) >= 11 is 0. The third kappa shape index (κ3) is 2.25. The van der Waals surface area contributed by atoms with Crippen molar-refractivity contribution in [2.24, 2.45) is 10.8 Å². The van der Waals surface area contributed by atoms with Crippen molar-refractivity contribution in [1.82, 2.24) is 5.01 Å². The number of nitrogens with zero attached hydrogens (tertiary/aromatic N) is 2. The molecular weight excluding hydrogens is 174 g/mol. The molecule has 14 heavy (non-hydrogen) atoms. The summed E-state index contributed by atoms with van der Waals surface area (Å²) < 4.78 is 0. The molecule has 0 aliphatic carbocycles. The van der Waals surface area contributed by atoms with Crippen LogP contribution >= 0.6 is 0 Å². The van der Waals surface area contributed by atoms with Crippen LogP contribution in [0.25, 0.3) is 0 Å². The maximum atomic E-state index is 5.60. The molecule has 0 saturated carbocycles. The Morgan fingerprint density at radius 1 is 1.29 bits per heavy atom. The highest BCUT2D eigenvalue weighted by Crippen LogP contribution is 2.06. The van der Waals surface area contributed by atoms with Gasteiger partial charge in [0.15, 0.2) is 0 Å². The molecule has 0 spiro atoms. The van der Waals surface area contributed by atoms with E-state index >= 15 is 0 Å². The van der Waals surface area contributed by atoms with Crippen LogP contribution in [0, 0.1) is 0 Å². The molecule has 0 fully saturated rings. The maximum Gasteiger partial charge on any atom is 0.121 e. The minimum absolute atomic E-state index is 0.762. The Kier molecular flexibility index (Phi) is 2.68. The Morgan fingerprint density at radius 3 is 2.71 bits per heavy atom. The van der Waals surface area contributed by atoms with Gasteiger partial charge in [0.25, 0.3) is 0 Å². The Bertz CT molecular complexity index is 319. The molecule has 2 N–H and O–H groups in total. The van der Waals surface area contributed by atoms with Gasteiger partial charge in [0.05, 0.1) is 0 Å². The van der Waals surface area contributed by atoms with Crippen LogP contribution in [0.1, 0.15) is 12.0 Å². The summed E-state index contributed by atoms with van der Waals surface area (Å²) in [5, 5.41) is 6.28. The van der Waals surface area contributed by atoms with Crippen molar-refractivity contribution < 1.29 is 0 Å². The van der Waals surface area contributed by atoms with E-state index in [0.29, 0.717) is 0 Å². The first-order valence-electron chi connectivity index (χ1n) is 4.96. The van der Waals surface area contributed by atoms with E-state index in [1.54, 1.807) is 0 Å². The molecule has 0 atom stereocenters. The molecule has 1 aromatic rings. The van der Waals surface area contributed by atoms with Crippen molar-refractivity contribution >= 4 is 5.84 Å². The predicted octanol–water partition coefficient (Wildman–Crippen LogP) is 1.21. The second kappa shape index (κ2) is 4.13. The Morgan fingerprint density at radius 2 is 2.07 bits per heavy atom. The van der Waals surface area contributed by atoms with Gasteiger partial charge in [-0.2, -0.15) is 5.10 Å². The normalized spacial score (nSPS) is 15.7. The van der Waals surface area contributed by atoms with Crippen LogP contribution in [-0.2, 0) is 6.42 Å².